The number of benzene rings is 10. The molecule has 0 aliphatic rings. The summed E-state index contributed by atoms with van der Waals surface area (Å²) in [5.74, 6) is 0. The molecule has 10 aromatic carbocycles. The van der Waals surface area contributed by atoms with Crippen LogP contribution in [-0.2, 0) is 0 Å². The minimum Gasteiger partial charge on any atom is -0.456 e. The van der Waals surface area contributed by atoms with E-state index in [2.05, 4.69) is 144 Å². The molecule has 0 spiro atoms. The standard InChI is InChI=1S/C60H40N2OSi/c1-4-20-41(21-5-1)42-22-18-28-46(38-42)64(44-24-6-2-7-25-44,45-26-8-3-9-27-45)47-29-19-23-43(39-47)61-54-36-16-12-32-50(54)58-55(40-57-59(60(58)61)51-33-13-17-37-56(51)63-57)62-52-34-14-10-30-48(52)49-31-11-15-35-53(49)62/h1-40H/i10D,11D,14D,15D,30D,31D,34D,35D. The van der Waals surface area contributed by atoms with Gasteiger partial charge in [-0.25, -0.2) is 0 Å². The zero-order valence-electron chi connectivity index (χ0n) is 42.3. The maximum absolute atomic E-state index is 9.46. The van der Waals surface area contributed by atoms with Crippen LogP contribution in [0.1, 0.15) is 11.0 Å². The Morgan fingerprint density at radius 3 is 1.62 bits per heavy atom. The van der Waals surface area contributed by atoms with E-state index in [9.17, 15) is 5.48 Å². The Hall–Kier alpha value is -8.18. The van der Waals surface area contributed by atoms with E-state index in [1.54, 1.807) is 4.57 Å². The van der Waals surface area contributed by atoms with Gasteiger partial charge >= 0.3 is 0 Å². The molecule has 0 fully saturated rings. The van der Waals surface area contributed by atoms with Gasteiger partial charge in [0.25, 0.3) is 0 Å². The van der Waals surface area contributed by atoms with E-state index in [0.29, 0.717) is 22.2 Å². The number of rotatable bonds is 7. The van der Waals surface area contributed by atoms with Crippen LogP contribution in [0.25, 0.3) is 88.1 Å². The van der Waals surface area contributed by atoms with Gasteiger partial charge in [0, 0.05) is 38.7 Å². The van der Waals surface area contributed by atoms with Gasteiger partial charge in [-0.15, -0.1) is 0 Å². The van der Waals surface area contributed by atoms with Crippen LogP contribution in [0, 0.1) is 0 Å². The summed E-state index contributed by atoms with van der Waals surface area (Å²) in [6.07, 6.45) is 0. The van der Waals surface area contributed by atoms with E-state index in [-0.39, 0.29) is 46.0 Å². The lowest BCUT2D eigenvalue weighted by Gasteiger charge is -2.35. The number of aromatic nitrogens is 2. The maximum Gasteiger partial charge on any atom is 0.179 e. The van der Waals surface area contributed by atoms with Crippen molar-refractivity contribution in [3.63, 3.8) is 0 Å². The highest BCUT2D eigenvalue weighted by molar-refractivity contribution is 7.20. The lowest BCUT2D eigenvalue weighted by atomic mass is 10.1. The lowest BCUT2D eigenvalue weighted by molar-refractivity contribution is 0.669. The number of hydrogen-bond donors (Lipinski definition) is 0. The van der Waals surface area contributed by atoms with Crippen molar-refractivity contribution in [2.24, 2.45) is 0 Å². The molecule has 0 aliphatic carbocycles. The highest BCUT2D eigenvalue weighted by atomic mass is 28.3. The van der Waals surface area contributed by atoms with Crippen LogP contribution in [0.4, 0.5) is 0 Å². The molecule has 13 aromatic rings. The van der Waals surface area contributed by atoms with Crippen molar-refractivity contribution in [1.29, 1.82) is 0 Å². The molecule has 13 rings (SSSR count). The molecule has 0 amide bonds. The predicted molar refractivity (Wildman–Crippen MR) is 271 cm³/mol. The molecule has 0 atom stereocenters. The van der Waals surface area contributed by atoms with E-state index < -0.39 is 32.2 Å². The van der Waals surface area contributed by atoms with Gasteiger partial charge in [-0.3, -0.25) is 0 Å². The van der Waals surface area contributed by atoms with Crippen LogP contribution >= 0.6 is 0 Å². The van der Waals surface area contributed by atoms with E-state index in [4.69, 9.17) is 9.90 Å². The van der Waals surface area contributed by atoms with Gasteiger partial charge in [-0.2, -0.15) is 0 Å². The molecule has 0 bridgehead atoms. The fourth-order valence-electron chi connectivity index (χ4n) is 10.3. The minimum atomic E-state index is -3.17. The highest BCUT2D eigenvalue weighted by Crippen LogP contribution is 2.45. The van der Waals surface area contributed by atoms with Gasteiger partial charge in [0.05, 0.1) is 44.1 Å². The zero-order valence-corrected chi connectivity index (χ0v) is 35.3. The molecule has 0 radical (unpaired) electrons. The smallest absolute Gasteiger partial charge is 0.179 e. The zero-order chi connectivity index (χ0) is 49.2. The Labute approximate surface area is 382 Å². The second-order valence-electron chi connectivity index (χ2n) is 16.2. The Morgan fingerprint density at radius 2 is 0.922 bits per heavy atom. The molecule has 3 aromatic heterocycles. The molecule has 64 heavy (non-hydrogen) atoms. The summed E-state index contributed by atoms with van der Waals surface area (Å²) < 4.78 is 83.4. The van der Waals surface area contributed by atoms with Crippen LogP contribution in [-0.4, -0.2) is 17.2 Å². The van der Waals surface area contributed by atoms with Crippen LogP contribution in [0.3, 0.4) is 0 Å². The predicted octanol–water partition coefficient (Wildman–Crippen LogP) is 12.8. The Bertz CT molecular complexity index is 4260. The quantitative estimate of drug-likeness (QED) is 0.116. The van der Waals surface area contributed by atoms with Gasteiger partial charge in [0.15, 0.2) is 8.07 Å². The molecule has 3 nitrogen and oxygen atoms in total. The number of para-hydroxylation sites is 4. The molecule has 0 unspecified atom stereocenters. The van der Waals surface area contributed by atoms with Crippen molar-refractivity contribution in [2.45, 2.75) is 0 Å². The second kappa shape index (κ2) is 14.5. The first kappa shape index (κ1) is 29.2. The molecular weight excluding hydrogens is 793 g/mol. The molecule has 0 aliphatic heterocycles. The van der Waals surface area contributed by atoms with E-state index >= 15 is 0 Å². The molecule has 0 N–H and O–H groups in total. The van der Waals surface area contributed by atoms with E-state index in [0.717, 1.165) is 49.2 Å². The number of nitrogens with zero attached hydrogens (tertiary/aromatic N) is 2. The largest absolute Gasteiger partial charge is 0.456 e. The first-order valence-electron chi connectivity index (χ1n) is 25.4. The fraction of sp³-hybridized carbons (Fsp3) is 0. The average molecular weight is 841 g/mol. The highest BCUT2D eigenvalue weighted by Gasteiger charge is 2.42. The summed E-state index contributed by atoms with van der Waals surface area (Å²) in [5.41, 5.74) is 6.39. The van der Waals surface area contributed by atoms with Crippen LogP contribution in [0.15, 0.2) is 247 Å². The van der Waals surface area contributed by atoms with Gasteiger partial charge in [0.2, 0.25) is 0 Å². The third-order valence-electron chi connectivity index (χ3n) is 12.9. The second-order valence-corrected chi connectivity index (χ2v) is 20.0. The Morgan fingerprint density at radius 1 is 0.375 bits per heavy atom. The van der Waals surface area contributed by atoms with Gasteiger partial charge in [-0.05, 0) is 68.2 Å². The van der Waals surface area contributed by atoms with Gasteiger partial charge in [0.1, 0.15) is 11.2 Å². The summed E-state index contributed by atoms with van der Waals surface area (Å²) in [5, 5.41) is 8.03. The topological polar surface area (TPSA) is 23.0 Å². The van der Waals surface area contributed by atoms with Crippen molar-refractivity contribution >= 4 is 94.4 Å². The Kier molecular flexibility index (Phi) is 6.59. The summed E-state index contributed by atoms with van der Waals surface area (Å²) in [7, 11) is -3.17. The molecule has 4 heteroatoms. The third-order valence-corrected chi connectivity index (χ3v) is 17.6. The van der Waals surface area contributed by atoms with Crippen LogP contribution < -0.4 is 20.7 Å². The summed E-state index contributed by atoms with van der Waals surface area (Å²) >= 11 is 0. The molecule has 300 valence electrons. The lowest BCUT2D eigenvalue weighted by Crippen LogP contribution is -2.74. The Balaban J connectivity index is 1.20. The average Bonchev–Trinajstić information content (AvgIpc) is 4.10. The molecule has 3 heterocycles. The van der Waals surface area contributed by atoms with Crippen molar-refractivity contribution in [3.05, 3.63) is 242 Å². The third kappa shape index (κ3) is 5.33. The summed E-state index contributed by atoms with van der Waals surface area (Å²) in [6.45, 7) is 0. The number of fused-ring (bicyclic) bond motifs is 10. The van der Waals surface area contributed by atoms with Crippen molar-refractivity contribution in [2.75, 3.05) is 0 Å². The molecule has 0 saturated heterocycles. The van der Waals surface area contributed by atoms with E-state index in [1.807, 2.05) is 54.6 Å². The van der Waals surface area contributed by atoms with Crippen LogP contribution in [0.2, 0.25) is 0 Å². The minimum absolute atomic E-state index is 0.0109. The first-order valence-corrected chi connectivity index (χ1v) is 23.4. The first-order chi connectivity index (χ1) is 35.1. The fourth-order valence-corrected chi connectivity index (χ4v) is 15.1. The van der Waals surface area contributed by atoms with Gasteiger partial charge in [-0.1, -0.05) is 200 Å². The monoisotopic (exact) mass is 840 g/mol. The SMILES string of the molecule is [2H]c1c([2H])c([2H])c2c(c1[2H])c1c([2H])c([2H])c([2H])c([2H])c1n2-c1cc2oc3ccccc3c2c2c1c1ccccc1n2-c1cccc([Si](c2ccccc2)(c2ccccc2)c2cccc(-c3ccccc3)c2)c1. The summed E-state index contributed by atoms with van der Waals surface area (Å²) in [4.78, 5) is 0. The van der Waals surface area contributed by atoms with Gasteiger partial charge < -0.3 is 13.6 Å². The van der Waals surface area contributed by atoms with Crippen molar-refractivity contribution in [1.82, 2.24) is 9.13 Å². The maximum atomic E-state index is 9.46. The van der Waals surface area contributed by atoms with Crippen molar-refractivity contribution in [3.8, 4) is 22.5 Å². The number of hydrogen-bond acceptors (Lipinski definition) is 1. The van der Waals surface area contributed by atoms with Crippen LogP contribution in [0.5, 0.6) is 0 Å². The van der Waals surface area contributed by atoms with Crippen molar-refractivity contribution < 1.29 is 15.4 Å². The molecular formula is C60H40N2OSi. The summed E-state index contributed by atoms with van der Waals surface area (Å²) in [6, 6.07) is 64.2. The normalized spacial score (nSPS) is 13.8. The molecule has 0 saturated carbocycles. The number of furan rings is 1. The van der Waals surface area contributed by atoms with E-state index in [1.165, 1.54) is 15.6 Å².